The van der Waals surface area contributed by atoms with Crippen LogP contribution in [0.4, 0.5) is 0 Å². The first-order valence-electron chi connectivity index (χ1n) is 9.95. The predicted molar refractivity (Wildman–Crippen MR) is 87.1 cm³/mol. The maximum Gasteiger partial charge on any atom is 0.334 e. The van der Waals surface area contributed by atoms with E-state index in [1.165, 1.54) is 0 Å². The summed E-state index contributed by atoms with van der Waals surface area (Å²) < 4.78 is 24.3. The number of cyclic esters (lactones) is 1. The van der Waals surface area contributed by atoms with E-state index in [0.29, 0.717) is 6.61 Å². The van der Waals surface area contributed by atoms with E-state index < -0.39 is 22.9 Å². The van der Waals surface area contributed by atoms with Crippen LogP contribution in [-0.2, 0) is 23.7 Å². The van der Waals surface area contributed by atoms with Gasteiger partial charge in [-0.15, -0.1) is 0 Å². The van der Waals surface area contributed by atoms with Crippen LogP contribution in [0.15, 0.2) is 11.1 Å². The lowest BCUT2D eigenvalue weighted by molar-refractivity contribution is -0.136. The summed E-state index contributed by atoms with van der Waals surface area (Å²) in [7, 11) is 0. The quantitative estimate of drug-likeness (QED) is 0.557. The lowest BCUT2D eigenvalue weighted by Gasteiger charge is -2.53. The molecule has 1 N–H and O–H groups in total. The Labute approximate surface area is 151 Å². The molecule has 4 heterocycles. The Balaban J connectivity index is 1.39. The van der Waals surface area contributed by atoms with E-state index in [1.54, 1.807) is 0 Å². The van der Waals surface area contributed by atoms with Crippen molar-refractivity contribution in [1.82, 2.24) is 0 Å². The molecule has 9 atom stereocenters. The van der Waals surface area contributed by atoms with E-state index in [-0.39, 0.29) is 41.5 Å². The van der Waals surface area contributed by atoms with Gasteiger partial charge in [-0.05, 0) is 36.7 Å². The monoisotopic (exact) mass is 360 g/mol. The molecule has 5 fully saturated rings. The van der Waals surface area contributed by atoms with Crippen molar-refractivity contribution in [1.29, 1.82) is 0 Å². The van der Waals surface area contributed by atoms with Gasteiger partial charge in [0.15, 0.2) is 5.60 Å². The second-order valence-electron chi connectivity index (χ2n) is 9.91. The lowest BCUT2D eigenvalue weighted by atomic mass is 9.46. The van der Waals surface area contributed by atoms with Crippen molar-refractivity contribution in [3.63, 3.8) is 0 Å². The zero-order valence-corrected chi connectivity index (χ0v) is 15.3. The maximum absolute atomic E-state index is 12.1. The van der Waals surface area contributed by atoms with Crippen molar-refractivity contribution >= 4 is 5.97 Å². The van der Waals surface area contributed by atoms with Gasteiger partial charge in [0.2, 0.25) is 0 Å². The Bertz CT molecular complexity index is 819. The number of fused-ring (bicyclic) bond motifs is 4. The highest BCUT2D eigenvalue weighted by Gasteiger charge is 3.00. The summed E-state index contributed by atoms with van der Waals surface area (Å²) >= 11 is 0. The number of rotatable bonds is 1. The average molecular weight is 360 g/mol. The predicted octanol–water partition coefficient (Wildman–Crippen LogP) is 1.10. The van der Waals surface area contributed by atoms with Crippen LogP contribution in [0.5, 0.6) is 0 Å². The molecule has 7 rings (SSSR count). The Morgan fingerprint density at radius 1 is 1.19 bits per heavy atom. The molecular weight excluding hydrogens is 336 g/mol. The van der Waals surface area contributed by atoms with Crippen LogP contribution >= 0.6 is 0 Å². The summed E-state index contributed by atoms with van der Waals surface area (Å²) in [6, 6.07) is 0. The van der Waals surface area contributed by atoms with E-state index >= 15 is 0 Å². The summed E-state index contributed by atoms with van der Waals surface area (Å²) in [4.78, 5) is 12.1. The highest BCUT2D eigenvalue weighted by atomic mass is 16.7. The Kier molecular flexibility index (Phi) is 2.19. The highest BCUT2D eigenvalue weighted by Crippen LogP contribution is 2.82. The fourth-order valence-corrected chi connectivity index (χ4v) is 7.70. The first-order valence-corrected chi connectivity index (χ1v) is 9.95. The first kappa shape index (κ1) is 15.0. The molecule has 0 radical (unpaired) electrons. The second kappa shape index (κ2) is 3.79. The SMILES string of the molecule is CC(C)[C@@]12O[C@H]1[C@@H]1O[C@]13[C@]1(O[C@H]1C[C@H]1C4=C(CC[C@@]13C)C(=O)OC4)[C@@H]2O. The van der Waals surface area contributed by atoms with Gasteiger partial charge in [0.1, 0.15) is 36.1 Å². The minimum atomic E-state index is -0.654. The summed E-state index contributed by atoms with van der Waals surface area (Å²) in [5.41, 5.74) is 0.230. The van der Waals surface area contributed by atoms with Crippen LogP contribution < -0.4 is 0 Å². The molecular formula is C20H24O6. The van der Waals surface area contributed by atoms with Gasteiger partial charge in [0.05, 0.1) is 6.10 Å². The van der Waals surface area contributed by atoms with E-state index in [4.69, 9.17) is 18.9 Å². The van der Waals surface area contributed by atoms with Gasteiger partial charge in [-0.3, -0.25) is 0 Å². The van der Waals surface area contributed by atoms with Crippen LogP contribution in [0.3, 0.4) is 0 Å². The van der Waals surface area contributed by atoms with E-state index in [1.807, 2.05) is 0 Å². The molecule has 0 aromatic heterocycles. The number of hydrogen-bond donors (Lipinski definition) is 1. The van der Waals surface area contributed by atoms with Crippen molar-refractivity contribution in [3.05, 3.63) is 11.1 Å². The largest absolute Gasteiger partial charge is 0.458 e. The van der Waals surface area contributed by atoms with E-state index in [0.717, 1.165) is 30.4 Å². The third-order valence-corrected chi connectivity index (χ3v) is 9.10. The maximum atomic E-state index is 12.1. The summed E-state index contributed by atoms with van der Waals surface area (Å²) in [6.07, 6.45) is 1.71. The van der Waals surface area contributed by atoms with Gasteiger partial charge in [-0.25, -0.2) is 4.79 Å². The lowest BCUT2D eigenvalue weighted by Crippen LogP contribution is -2.69. The normalized spacial score (nSPS) is 63.1. The highest BCUT2D eigenvalue weighted by molar-refractivity contribution is 5.92. The van der Waals surface area contributed by atoms with Crippen molar-refractivity contribution in [2.75, 3.05) is 6.61 Å². The number of carbonyl (C=O) groups is 1. The van der Waals surface area contributed by atoms with Crippen molar-refractivity contribution in [2.24, 2.45) is 17.3 Å². The number of epoxide rings is 3. The molecule has 2 spiro atoms. The molecule has 26 heavy (non-hydrogen) atoms. The van der Waals surface area contributed by atoms with Crippen LogP contribution in [-0.4, -0.2) is 58.9 Å². The molecule has 4 aliphatic heterocycles. The van der Waals surface area contributed by atoms with Gasteiger partial charge in [0.25, 0.3) is 0 Å². The van der Waals surface area contributed by atoms with Crippen LogP contribution in [0.2, 0.25) is 0 Å². The van der Waals surface area contributed by atoms with Crippen molar-refractivity contribution < 1.29 is 28.8 Å². The van der Waals surface area contributed by atoms with E-state index in [9.17, 15) is 9.90 Å². The van der Waals surface area contributed by atoms with Crippen LogP contribution in [0, 0.1) is 17.3 Å². The molecule has 6 heteroatoms. The molecule has 0 unspecified atom stereocenters. The molecule has 2 saturated carbocycles. The molecule has 3 saturated heterocycles. The number of carbonyl (C=O) groups excluding carboxylic acids is 1. The molecule has 0 amide bonds. The third-order valence-electron chi connectivity index (χ3n) is 9.10. The minimum Gasteiger partial charge on any atom is -0.458 e. The smallest absolute Gasteiger partial charge is 0.334 e. The standard InChI is InChI=1S/C20H24O6/c1-8(2)18-13(25-18)14-20(26-14)17(3)5-4-9-10(7-23-15(9)21)11(17)6-12-19(20,24-12)16(18)22/h8,11-14,16,22H,4-7H2,1-3H3/t11-,12-,13-,14-,16+,17-,18+,19+,20+/m0/s1. The fraction of sp³-hybridized carbons (Fsp3) is 0.850. The molecule has 3 aliphatic carbocycles. The minimum absolute atomic E-state index is 0.00808. The molecule has 0 bridgehead atoms. The number of esters is 1. The Morgan fingerprint density at radius 3 is 2.77 bits per heavy atom. The van der Waals surface area contributed by atoms with Gasteiger partial charge >= 0.3 is 5.97 Å². The van der Waals surface area contributed by atoms with Crippen molar-refractivity contribution in [2.45, 2.75) is 81.3 Å². The Morgan fingerprint density at radius 2 is 2.00 bits per heavy atom. The van der Waals surface area contributed by atoms with Crippen molar-refractivity contribution in [3.8, 4) is 0 Å². The van der Waals surface area contributed by atoms with Crippen LogP contribution in [0.25, 0.3) is 0 Å². The Hall–Kier alpha value is -0.950. The molecule has 140 valence electrons. The van der Waals surface area contributed by atoms with Gasteiger partial charge in [-0.1, -0.05) is 20.8 Å². The third kappa shape index (κ3) is 1.14. The first-order chi connectivity index (χ1) is 12.3. The number of aliphatic hydroxyl groups is 1. The number of aliphatic hydroxyl groups excluding tert-OH is 1. The number of hydrogen-bond acceptors (Lipinski definition) is 6. The van der Waals surface area contributed by atoms with Gasteiger partial charge < -0.3 is 24.1 Å². The van der Waals surface area contributed by atoms with Crippen LogP contribution in [0.1, 0.15) is 40.0 Å². The summed E-state index contributed by atoms with van der Waals surface area (Å²) in [5.74, 6) is 0.297. The second-order valence-corrected chi connectivity index (χ2v) is 9.91. The fourth-order valence-electron chi connectivity index (χ4n) is 7.70. The average Bonchev–Trinajstić information content (AvgIpc) is 3.47. The zero-order chi connectivity index (χ0) is 17.9. The molecule has 7 aliphatic rings. The summed E-state index contributed by atoms with van der Waals surface area (Å²) in [5, 5.41) is 11.4. The number of ether oxygens (including phenoxy) is 4. The zero-order valence-electron chi connectivity index (χ0n) is 15.3. The topological polar surface area (TPSA) is 84.1 Å². The van der Waals surface area contributed by atoms with E-state index in [2.05, 4.69) is 20.8 Å². The van der Waals surface area contributed by atoms with Gasteiger partial charge in [0, 0.05) is 11.0 Å². The van der Waals surface area contributed by atoms with Gasteiger partial charge in [-0.2, -0.15) is 0 Å². The molecule has 0 aromatic carbocycles. The molecule has 0 aromatic rings. The molecule has 6 nitrogen and oxygen atoms in total. The summed E-state index contributed by atoms with van der Waals surface area (Å²) in [6.45, 7) is 6.91.